The molecule has 0 radical (unpaired) electrons. The quantitative estimate of drug-likeness (QED) is 0.645. The van der Waals surface area contributed by atoms with Crippen LogP contribution in [0, 0.1) is 11.8 Å². The van der Waals surface area contributed by atoms with Crippen molar-refractivity contribution in [3.63, 3.8) is 0 Å². The monoisotopic (exact) mass is 258 g/mol. The first-order chi connectivity index (χ1) is 8.22. The third-order valence-electron chi connectivity index (χ3n) is 4.37. The Labute approximate surface area is 109 Å². The first-order valence-corrected chi connectivity index (χ1v) is 8.89. The lowest BCUT2D eigenvalue weighted by atomic mass is 9.80. The van der Waals surface area contributed by atoms with Gasteiger partial charge in [-0.15, -0.1) is 0 Å². The van der Waals surface area contributed by atoms with E-state index in [4.69, 9.17) is 8.85 Å². The van der Waals surface area contributed by atoms with Crippen molar-refractivity contribution in [1.29, 1.82) is 0 Å². The van der Waals surface area contributed by atoms with Gasteiger partial charge in [0.15, 0.2) is 0 Å². The van der Waals surface area contributed by atoms with Crippen LogP contribution in [0.1, 0.15) is 58.8 Å². The Balaban J connectivity index is 2.54. The van der Waals surface area contributed by atoms with Crippen LogP contribution in [0.3, 0.4) is 0 Å². The van der Waals surface area contributed by atoms with Crippen molar-refractivity contribution in [2.75, 3.05) is 14.2 Å². The fraction of sp³-hybridized carbons (Fsp3) is 1.00. The van der Waals surface area contributed by atoms with E-state index in [9.17, 15) is 0 Å². The van der Waals surface area contributed by atoms with E-state index in [1.165, 1.54) is 44.9 Å². The molecule has 1 rings (SSSR count). The van der Waals surface area contributed by atoms with Crippen molar-refractivity contribution in [2.24, 2.45) is 11.8 Å². The lowest BCUT2D eigenvalue weighted by Crippen LogP contribution is -2.33. The second-order valence-corrected chi connectivity index (χ2v) is 8.20. The summed E-state index contributed by atoms with van der Waals surface area (Å²) in [6.45, 7) is 4.66. The summed E-state index contributed by atoms with van der Waals surface area (Å²) in [4.78, 5) is 0. The Bertz CT molecular complexity index is 187. The molecule has 0 aromatic rings. The number of hydrogen-bond donors (Lipinski definition) is 0. The maximum absolute atomic E-state index is 5.66. The normalized spacial score (nSPS) is 27.4. The van der Waals surface area contributed by atoms with Gasteiger partial charge < -0.3 is 8.85 Å². The molecule has 0 aromatic carbocycles. The van der Waals surface area contributed by atoms with Crippen molar-refractivity contribution in [3.8, 4) is 0 Å². The molecule has 1 unspecified atom stereocenters. The van der Waals surface area contributed by atoms with Crippen LogP contribution in [0.2, 0.25) is 5.54 Å². The van der Waals surface area contributed by atoms with E-state index in [0.29, 0.717) is 0 Å². The molecule has 0 saturated heterocycles. The zero-order valence-corrected chi connectivity index (χ0v) is 13.2. The molecule has 3 heteroatoms. The fourth-order valence-electron chi connectivity index (χ4n) is 3.19. The summed E-state index contributed by atoms with van der Waals surface area (Å²) < 4.78 is 11.3. The van der Waals surface area contributed by atoms with Gasteiger partial charge in [0.25, 0.3) is 0 Å². The minimum absolute atomic E-state index is 0.734. The van der Waals surface area contributed by atoms with Crippen molar-refractivity contribution in [1.82, 2.24) is 0 Å². The minimum Gasteiger partial charge on any atom is -0.400 e. The first-order valence-electron chi connectivity index (χ1n) is 7.28. The molecule has 1 aliphatic rings. The minimum atomic E-state index is -1.43. The molecule has 1 fully saturated rings. The van der Waals surface area contributed by atoms with Crippen molar-refractivity contribution in [3.05, 3.63) is 0 Å². The van der Waals surface area contributed by atoms with Crippen molar-refractivity contribution < 1.29 is 8.85 Å². The summed E-state index contributed by atoms with van der Waals surface area (Å²) in [5.74, 6) is 1.80. The van der Waals surface area contributed by atoms with E-state index in [1.807, 2.05) is 14.2 Å². The zero-order chi connectivity index (χ0) is 12.7. The van der Waals surface area contributed by atoms with Crippen LogP contribution in [-0.4, -0.2) is 23.5 Å². The van der Waals surface area contributed by atoms with Gasteiger partial charge in [-0.3, -0.25) is 0 Å². The summed E-state index contributed by atoms with van der Waals surface area (Å²) in [6.07, 6.45) is 9.52. The molecule has 0 aliphatic heterocycles. The second-order valence-electron chi connectivity index (χ2n) is 5.67. The molecule has 2 nitrogen and oxygen atoms in total. The van der Waals surface area contributed by atoms with E-state index in [1.54, 1.807) is 0 Å². The van der Waals surface area contributed by atoms with E-state index in [0.717, 1.165) is 17.4 Å². The third-order valence-corrected chi connectivity index (χ3v) is 6.88. The average molecular weight is 258 g/mol. The summed E-state index contributed by atoms with van der Waals surface area (Å²) in [5.41, 5.74) is 0.734. The molecular formula is C14H30O2Si. The largest absolute Gasteiger partial charge is 0.400 e. The van der Waals surface area contributed by atoms with E-state index in [2.05, 4.69) is 13.8 Å². The highest BCUT2D eigenvalue weighted by atomic mass is 28.3. The van der Waals surface area contributed by atoms with Gasteiger partial charge in [0.2, 0.25) is 0 Å². The summed E-state index contributed by atoms with van der Waals surface area (Å²) in [7, 11) is 2.24. The SMILES string of the molecule is CCCCC(C1CCC(C)CC1)[SiH](OC)OC. The van der Waals surface area contributed by atoms with Gasteiger partial charge in [-0.1, -0.05) is 52.4 Å². The number of hydrogen-bond acceptors (Lipinski definition) is 2. The molecule has 102 valence electrons. The van der Waals surface area contributed by atoms with Crippen molar-refractivity contribution >= 4 is 9.28 Å². The second kappa shape index (κ2) is 8.28. The van der Waals surface area contributed by atoms with E-state index in [-0.39, 0.29) is 0 Å². The lowest BCUT2D eigenvalue weighted by Gasteiger charge is -2.35. The lowest BCUT2D eigenvalue weighted by molar-refractivity contribution is 0.210. The van der Waals surface area contributed by atoms with Crippen molar-refractivity contribution in [2.45, 2.75) is 64.3 Å². The zero-order valence-electron chi connectivity index (χ0n) is 12.1. The van der Waals surface area contributed by atoms with Crippen LogP contribution < -0.4 is 0 Å². The molecule has 17 heavy (non-hydrogen) atoms. The van der Waals surface area contributed by atoms with Crippen LogP contribution in [-0.2, 0) is 8.85 Å². The van der Waals surface area contributed by atoms with Gasteiger partial charge in [0.1, 0.15) is 0 Å². The molecule has 0 spiro atoms. The highest BCUT2D eigenvalue weighted by Crippen LogP contribution is 2.40. The predicted molar refractivity (Wildman–Crippen MR) is 75.6 cm³/mol. The third kappa shape index (κ3) is 4.72. The molecule has 1 saturated carbocycles. The van der Waals surface area contributed by atoms with Gasteiger partial charge >= 0.3 is 9.28 Å². The predicted octanol–water partition coefficient (Wildman–Crippen LogP) is 3.89. The fourth-order valence-corrected chi connectivity index (χ4v) is 5.42. The highest BCUT2D eigenvalue weighted by molar-refractivity contribution is 6.46. The van der Waals surface area contributed by atoms with Gasteiger partial charge in [-0.05, 0) is 18.3 Å². The standard InChI is InChI=1S/C14H30O2Si/c1-5-6-7-14(17(15-3)16-4)13-10-8-12(2)9-11-13/h12-14,17H,5-11H2,1-4H3. The van der Waals surface area contributed by atoms with Gasteiger partial charge in [-0.2, -0.15) is 0 Å². The smallest absolute Gasteiger partial charge is 0.324 e. The van der Waals surface area contributed by atoms with Crippen LogP contribution >= 0.6 is 0 Å². The summed E-state index contributed by atoms with van der Waals surface area (Å²) >= 11 is 0. The topological polar surface area (TPSA) is 18.5 Å². The number of rotatable bonds is 7. The first kappa shape index (κ1) is 15.2. The maximum atomic E-state index is 5.66. The Morgan fingerprint density at radius 1 is 1.12 bits per heavy atom. The maximum Gasteiger partial charge on any atom is 0.324 e. The van der Waals surface area contributed by atoms with Gasteiger partial charge in [0, 0.05) is 19.8 Å². The van der Waals surface area contributed by atoms with Crippen LogP contribution in [0.5, 0.6) is 0 Å². The Kier molecular flexibility index (Phi) is 7.40. The van der Waals surface area contributed by atoms with Gasteiger partial charge in [0.05, 0.1) is 0 Å². The number of unbranched alkanes of at least 4 members (excludes halogenated alkanes) is 1. The van der Waals surface area contributed by atoms with Crippen LogP contribution in [0.4, 0.5) is 0 Å². The molecule has 0 bridgehead atoms. The molecule has 1 aliphatic carbocycles. The molecule has 0 amide bonds. The van der Waals surface area contributed by atoms with E-state index >= 15 is 0 Å². The molecule has 0 heterocycles. The average Bonchev–Trinajstić information content (AvgIpc) is 2.36. The van der Waals surface area contributed by atoms with Crippen LogP contribution in [0.15, 0.2) is 0 Å². The summed E-state index contributed by atoms with van der Waals surface area (Å²) in [5, 5.41) is 0. The molecule has 0 N–H and O–H groups in total. The Morgan fingerprint density at radius 3 is 2.18 bits per heavy atom. The summed E-state index contributed by atoms with van der Waals surface area (Å²) in [6, 6.07) is 0. The molecule has 0 aromatic heterocycles. The Hall–Kier alpha value is 0.137. The van der Waals surface area contributed by atoms with Gasteiger partial charge in [-0.25, -0.2) is 0 Å². The molecular weight excluding hydrogens is 228 g/mol. The Morgan fingerprint density at radius 2 is 1.71 bits per heavy atom. The molecule has 1 atom stereocenters. The van der Waals surface area contributed by atoms with E-state index < -0.39 is 9.28 Å². The highest BCUT2D eigenvalue weighted by Gasteiger charge is 2.33. The van der Waals surface area contributed by atoms with Crippen LogP contribution in [0.25, 0.3) is 0 Å².